The summed E-state index contributed by atoms with van der Waals surface area (Å²) in [5.41, 5.74) is 0.374. The second kappa shape index (κ2) is 7.21. The summed E-state index contributed by atoms with van der Waals surface area (Å²) < 4.78 is 19.2. The van der Waals surface area contributed by atoms with Crippen molar-refractivity contribution in [3.63, 3.8) is 0 Å². The van der Waals surface area contributed by atoms with E-state index in [2.05, 4.69) is 5.32 Å². The molecule has 2 rings (SSSR count). The minimum Gasteiger partial charge on any atom is -0.460 e. The largest absolute Gasteiger partial charge is 0.460 e. The molecule has 0 aromatic heterocycles. The maximum absolute atomic E-state index is 13.6. The molecular formula is C18H24FNO3. The topological polar surface area (TPSA) is 55.4 Å². The van der Waals surface area contributed by atoms with Crippen molar-refractivity contribution >= 4 is 12.3 Å². The van der Waals surface area contributed by atoms with Gasteiger partial charge in [0.1, 0.15) is 17.7 Å². The van der Waals surface area contributed by atoms with Crippen LogP contribution in [0.25, 0.3) is 0 Å². The number of ether oxygens (including phenoxy) is 1. The molecule has 1 heterocycles. The molecule has 1 aromatic carbocycles. The van der Waals surface area contributed by atoms with Crippen LogP contribution in [0.2, 0.25) is 0 Å². The van der Waals surface area contributed by atoms with Crippen LogP contribution in [0.3, 0.4) is 0 Å². The van der Waals surface area contributed by atoms with Gasteiger partial charge in [0, 0.05) is 5.56 Å². The summed E-state index contributed by atoms with van der Waals surface area (Å²) in [6, 6.07) is 4.21. The van der Waals surface area contributed by atoms with E-state index in [1.807, 2.05) is 20.8 Å². The standard InChI is InChI=1S/C18H24FNO3/c1-18(2,3)23-17(22)16(14-4-5-20-10-14)9-12-6-13(11-21)8-15(19)7-12/h6-8,11,14,16,20H,4-5,9-10H2,1-3H3. The lowest BCUT2D eigenvalue weighted by atomic mass is 9.85. The van der Waals surface area contributed by atoms with Gasteiger partial charge in [-0.05, 0) is 76.4 Å². The number of hydrogen-bond acceptors (Lipinski definition) is 4. The predicted octanol–water partition coefficient (Wildman–Crippen LogP) is 2.75. The minimum absolute atomic E-state index is 0.160. The fourth-order valence-electron chi connectivity index (χ4n) is 2.96. The van der Waals surface area contributed by atoms with Crippen molar-refractivity contribution in [1.82, 2.24) is 5.32 Å². The van der Waals surface area contributed by atoms with Gasteiger partial charge in [-0.25, -0.2) is 4.39 Å². The molecule has 23 heavy (non-hydrogen) atoms. The van der Waals surface area contributed by atoms with E-state index in [1.54, 1.807) is 6.07 Å². The molecule has 5 heteroatoms. The zero-order chi connectivity index (χ0) is 17.0. The molecule has 2 atom stereocenters. The highest BCUT2D eigenvalue weighted by Gasteiger charge is 2.34. The van der Waals surface area contributed by atoms with E-state index in [-0.39, 0.29) is 23.4 Å². The van der Waals surface area contributed by atoms with Gasteiger partial charge in [-0.2, -0.15) is 0 Å². The summed E-state index contributed by atoms with van der Waals surface area (Å²) in [6.07, 6.45) is 1.88. The molecule has 1 aromatic rings. The number of carbonyl (C=O) groups excluding carboxylic acids is 2. The lowest BCUT2D eigenvalue weighted by molar-refractivity contribution is -0.161. The molecule has 2 unspecified atom stereocenters. The summed E-state index contributed by atoms with van der Waals surface area (Å²) in [7, 11) is 0. The molecule has 0 aliphatic carbocycles. The summed E-state index contributed by atoms with van der Waals surface area (Å²) >= 11 is 0. The molecule has 1 aliphatic rings. The second-order valence-corrected chi connectivity index (χ2v) is 7.11. The molecule has 1 aliphatic heterocycles. The van der Waals surface area contributed by atoms with Crippen molar-refractivity contribution in [1.29, 1.82) is 0 Å². The Morgan fingerprint density at radius 2 is 2.17 bits per heavy atom. The molecule has 0 bridgehead atoms. The second-order valence-electron chi connectivity index (χ2n) is 7.11. The van der Waals surface area contributed by atoms with Crippen molar-refractivity contribution in [3.8, 4) is 0 Å². The molecule has 0 saturated carbocycles. The first-order chi connectivity index (χ1) is 10.8. The van der Waals surface area contributed by atoms with E-state index in [1.165, 1.54) is 12.1 Å². The molecular weight excluding hydrogens is 297 g/mol. The number of carbonyl (C=O) groups is 2. The number of aldehydes is 1. The highest BCUT2D eigenvalue weighted by molar-refractivity contribution is 5.76. The van der Waals surface area contributed by atoms with Crippen LogP contribution in [0.1, 0.15) is 43.1 Å². The van der Waals surface area contributed by atoms with Gasteiger partial charge < -0.3 is 10.1 Å². The van der Waals surface area contributed by atoms with Crippen molar-refractivity contribution in [3.05, 3.63) is 35.1 Å². The zero-order valence-electron chi connectivity index (χ0n) is 13.9. The van der Waals surface area contributed by atoms with Gasteiger partial charge in [-0.1, -0.05) is 0 Å². The van der Waals surface area contributed by atoms with Crippen LogP contribution >= 0.6 is 0 Å². The van der Waals surface area contributed by atoms with E-state index in [9.17, 15) is 14.0 Å². The smallest absolute Gasteiger partial charge is 0.310 e. The fourth-order valence-corrected chi connectivity index (χ4v) is 2.96. The summed E-state index contributed by atoms with van der Waals surface area (Å²) in [4.78, 5) is 23.5. The molecule has 0 spiro atoms. The van der Waals surface area contributed by atoms with E-state index in [4.69, 9.17) is 4.74 Å². The van der Waals surface area contributed by atoms with Crippen molar-refractivity contribution in [2.45, 2.75) is 39.2 Å². The molecule has 1 saturated heterocycles. The first-order valence-electron chi connectivity index (χ1n) is 7.97. The van der Waals surface area contributed by atoms with Crippen molar-refractivity contribution in [2.75, 3.05) is 13.1 Å². The Balaban J connectivity index is 2.22. The first-order valence-corrected chi connectivity index (χ1v) is 7.97. The Morgan fingerprint density at radius 3 is 2.74 bits per heavy atom. The van der Waals surface area contributed by atoms with Crippen LogP contribution in [0.4, 0.5) is 4.39 Å². The molecule has 1 fully saturated rings. The van der Waals surface area contributed by atoms with Gasteiger partial charge in [0.05, 0.1) is 5.92 Å². The minimum atomic E-state index is -0.558. The predicted molar refractivity (Wildman–Crippen MR) is 85.8 cm³/mol. The average molecular weight is 321 g/mol. The molecule has 4 nitrogen and oxygen atoms in total. The Labute approximate surface area is 136 Å². The molecule has 0 radical (unpaired) electrons. The normalized spacial score (nSPS) is 19.4. The number of nitrogens with one attached hydrogen (secondary N) is 1. The van der Waals surface area contributed by atoms with Crippen molar-refractivity contribution < 1.29 is 18.7 Å². The Hall–Kier alpha value is -1.75. The maximum Gasteiger partial charge on any atom is 0.310 e. The van der Waals surface area contributed by atoms with Crippen LogP contribution < -0.4 is 5.32 Å². The lowest BCUT2D eigenvalue weighted by Gasteiger charge is -2.27. The Kier molecular flexibility index (Phi) is 5.52. The van der Waals surface area contributed by atoms with Crippen LogP contribution in [-0.2, 0) is 16.0 Å². The van der Waals surface area contributed by atoms with E-state index >= 15 is 0 Å². The van der Waals surface area contributed by atoms with E-state index < -0.39 is 11.4 Å². The zero-order valence-corrected chi connectivity index (χ0v) is 13.9. The summed E-state index contributed by atoms with van der Waals surface area (Å²) in [5, 5.41) is 3.25. The average Bonchev–Trinajstić information content (AvgIpc) is 2.96. The monoisotopic (exact) mass is 321 g/mol. The SMILES string of the molecule is CC(C)(C)OC(=O)C(Cc1cc(F)cc(C=O)c1)C1CCNC1. The van der Waals surface area contributed by atoms with Gasteiger partial charge in [0.2, 0.25) is 0 Å². The highest BCUT2D eigenvalue weighted by Crippen LogP contribution is 2.27. The lowest BCUT2D eigenvalue weighted by Crippen LogP contribution is -2.34. The first kappa shape index (κ1) is 17.6. The van der Waals surface area contributed by atoms with E-state index in [0.717, 1.165) is 19.5 Å². The Bertz CT molecular complexity index is 574. The van der Waals surface area contributed by atoms with Gasteiger partial charge >= 0.3 is 5.97 Å². The third kappa shape index (κ3) is 5.13. The van der Waals surface area contributed by atoms with E-state index in [0.29, 0.717) is 18.3 Å². The van der Waals surface area contributed by atoms with Gasteiger partial charge in [0.15, 0.2) is 0 Å². The Morgan fingerprint density at radius 1 is 1.43 bits per heavy atom. The number of hydrogen-bond donors (Lipinski definition) is 1. The van der Waals surface area contributed by atoms with Crippen LogP contribution in [0, 0.1) is 17.7 Å². The number of rotatable bonds is 5. The molecule has 0 amide bonds. The molecule has 126 valence electrons. The molecule has 1 N–H and O–H groups in total. The van der Waals surface area contributed by atoms with Crippen LogP contribution in [0.15, 0.2) is 18.2 Å². The van der Waals surface area contributed by atoms with Crippen molar-refractivity contribution in [2.24, 2.45) is 11.8 Å². The number of esters is 1. The van der Waals surface area contributed by atoms with Crippen LogP contribution in [-0.4, -0.2) is 30.9 Å². The van der Waals surface area contributed by atoms with Gasteiger partial charge in [-0.15, -0.1) is 0 Å². The van der Waals surface area contributed by atoms with Crippen LogP contribution in [0.5, 0.6) is 0 Å². The number of halogens is 1. The number of benzene rings is 1. The summed E-state index contributed by atoms with van der Waals surface area (Å²) in [5.74, 6) is -0.904. The van der Waals surface area contributed by atoms with Gasteiger partial charge in [-0.3, -0.25) is 9.59 Å². The maximum atomic E-state index is 13.6. The quantitative estimate of drug-likeness (QED) is 0.669. The third-order valence-electron chi connectivity index (χ3n) is 3.95. The summed E-state index contributed by atoms with van der Waals surface area (Å²) in [6.45, 7) is 7.12. The fraction of sp³-hybridized carbons (Fsp3) is 0.556. The third-order valence-corrected chi connectivity index (χ3v) is 3.95. The van der Waals surface area contributed by atoms with Gasteiger partial charge in [0.25, 0.3) is 0 Å². The highest BCUT2D eigenvalue weighted by atomic mass is 19.1.